The van der Waals surface area contributed by atoms with Gasteiger partial charge in [0.1, 0.15) is 8.80 Å². The molecule has 0 heterocycles. The van der Waals surface area contributed by atoms with Gasteiger partial charge in [-0.1, -0.05) is 52.8 Å². The van der Waals surface area contributed by atoms with Crippen molar-refractivity contribution in [3.63, 3.8) is 0 Å². The predicted molar refractivity (Wildman–Crippen MR) is 84.2 cm³/mol. The Kier molecular flexibility index (Phi) is 4.26. The monoisotopic (exact) mass is 274 g/mol. The minimum Gasteiger partial charge on any atom is -0.130 e. The fourth-order valence-corrected chi connectivity index (χ4v) is 5.73. The zero-order chi connectivity index (χ0) is 13.1. The lowest BCUT2D eigenvalue weighted by atomic mass is 10.1. The van der Waals surface area contributed by atoms with Gasteiger partial charge in [0, 0.05) is 5.50 Å². The van der Waals surface area contributed by atoms with Crippen molar-refractivity contribution >= 4 is 30.8 Å². The Hall–Kier alpha value is -1.05. The van der Waals surface area contributed by atoms with Gasteiger partial charge in [0.15, 0.2) is 0 Å². The molecule has 0 fully saturated rings. The second kappa shape index (κ2) is 5.72. The van der Waals surface area contributed by atoms with Crippen LogP contribution in [0.1, 0.15) is 16.7 Å². The molecule has 0 bridgehead atoms. The van der Waals surface area contributed by atoms with Crippen LogP contribution < -0.4 is 10.4 Å². The van der Waals surface area contributed by atoms with E-state index in [9.17, 15) is 0 Å². The molecule has 0 aliphatic carbocycles. The second-order valence-corrected chi connectivity index (χ2v) is 8.57. The Morgan fingerprint density at radius 1 is 0.889 bits per heavy atom. The van der Waals surface area contributed by atoms with E-state index in [4.69, 9.17) is 11.6 Å². The quantitative estimate of drug-likeness (QED) is 0.596. The summed E-state index contributed by atoms with van der Waals surface area (Å²) in [4.78, 5) is 0. The van der Waals surface area contributed by atoms with Crippen LogP contribution in [0.15, 0.2) is 42.5 Å². The third-order valence-electron chi connectivity index (χ3n) is 3.71. The smallest absolute Gasteiger partial charge is 0.117 e. The zero-order valence-corrected chi connectivity index (χ0v) is 13.1. The third-order valence-corrected chi connectivity index (χ3v) is 7.27. The van der Waals surface area contributed by atoms with E-state index in [1.54, 1.807) is 0 Å². The van der Waals surface area contributed by atoms with Crippen LogP contribution in [0.3, 0.4) is 0 Å². The average Bonchev–Trinajstić information content (AvgIpc) is 2.38. The number of rotatable bonds is 3. The molecular weight excluding hydrogens is 256 g/mol. The number of hydrogen-bond acceptors (Lipinski definition) is 0. The van der Waals surface area contributed by atoms with Crippen molar-refractivity contribution in [1.82, 2.24) is 0 Å². The summed E-state index contributed by atoms with van der Waals surface area (Å²) in [5.41, 5.74) is 4.91. The van der Waals surface area contributed by atoms with Gasteiger partial charge in [-0.25, -0.2) is 0 Å². The highest BCUT2D eigenvalue weighted by Gasteiger charge is 2.16. The summed E-state index contributed by atoms with van der Waals surface area (Å²) >= 11 is 6.24. The van der Waals surface area contributed by atoms with Gasteiger partial charge in [-0.05, 0) is 37.5 Å². The molecule has 0 N–H and O–H groups in total. The summed E-state index contributed by atoms with van der Waals surface area (Å²) < 4.78 is 0. The van der Waals surface area contributed by atoms with Gasteiger partial charge < -0.3 is 0 Å². The molecule has 2 aromatic carbocycles. The first-order chi connectivity index (χ1) is 8.63. The molecule has 0 saturated heterocycles. The topological polar surface area (TPSA) is 0 Å². The van der Waals surface area contributed by atoms with Crippen molar-refractivity contribution in [3.8, 4) is 0 Å². The van der Waals surface area contributed by atoms with Crippen LogP contribution in [0.5, 0.6) is 0 Å². The Labute approximate surface area is 116 Å². The summed E-state index contributed by atoms with van der Waals surface area (Å²) in [6.45, 7) is 6.57. The Morgan fingerprint density at radius 2 is 1.44 bits per heavy atom. The average molecular weight is 275 g/mol. The van der Waals surface area contributed by atoms with Crippen LogP contribution in [0.2, 0.25) is 0 Å². The van der Waals surface area contributed by atoms with Gasteiger partial charge in [0.2, 0.25) is 0 Å². The first-order valence-electron chi connectivity index (χ1n) is 6.32. The molecule has 0 radical (unpaired) electrons. The lowest BCUT2D eigenvalue weighted by Crippen LogP contribution is -2.44. The normalized spacial score (nSPS) is 12.4. The van der Waals surface area contributed by atoms with E-state index in [0.717, 1.165) is 5.50 Å². The maximum absolute atomic E-state index is 6.24. The van der Waals surface area contributed by atoms with E-state index in [2.05, 4.69) is 63.2 Å². The van der Waals surface area contributed by atoms with Crippen LogP contribution in [0, 0.1) is 20.8 Å². The number of aryl methyl sites for hydroxylation is 2. The summed E-state index contributed by atoms with van der Waals surface area (Å²) in [6, 6.07) is 15.4. The molecule has 1 atom stereocenters. The van der Waals surface area contributed by atoms with E-state index in [1.807, 2.05) is 0 Å². The molecule has 0 nitrogen and oxygen atoms in total. The molecule has 2 rings (SSSR count). The van der Waals surface area contributed by atoms with Gasteiger partial charge in [-0.3, -0.25) is 0 Å². The molecular formula is C16H19ClSi. The number of benzene rings is 2. The fourth-order valence-electron chi connectivity index (χ4n) is 2.33. The lowest BCUT2D eigenvalue weighted by molar-refractivity contribution is 1.28. The Morgan fingerprint density at radius 3 is 1.94 bits per heavy atom. The molecule has 94 valence electrons. The van der Waals surface area contributed by atoms with Crippen molar-refractivity contribution in [2.75, 3.05) is 5.50 Å². The highest BCUT2D eigenvalue weighted by molar-refractivity contribution is 6.89. The highest BCUT2D eigenvalue weighted by Crippen LogP contribution is 2.10. The minimum atomic E-state index is -1.24. The molecule has 0 aliphatic rings. The van der Waals surface area contributed by atoms with E-state index >= 15 is 0 Å². The second-order valence-electron chi connectivity index (χ2n) is 4.90. The Balaban J connectivity index is 2.46. The summed E-state index contributed by atoms with van der Waals surface area (Å²) in [6.07, 6.45) is 0. The van der Waals surface area contributed by atoms with E-state index in [0.29, 0.717) is 0 Å². The third kappa shape index (κ3) is 2.68. The molecule has 0 aromatic heterocycles. The van der Waals surface area contributed by atoms with Gasteiger partial charge in [-0.2, -0.15) is 0 Å². The van der Waals surface area contributed by atoms with Crippen LogP contribution in [-0.2, 0) is 0 Å². The van der Waals surface area contributed by atoms with Crippen LogP contribution in [0.4, 0.5) is 0 Å². The van der Waals surface area contributed by atoms with E-state index in [-0.39, 0.29) is 0 Å². The fraction of sp³-hybridized carbons (Fsp3) is 0.250. The lowest BCUT2D eigenvalue weighted by Gasteiger charge is -2.16. The molecule has 0 aliphatic heterocycles. The molecule has 18 heavy (non-hydrogen) atoms. The molecule has 0 saturated carbocycles. The van der Waals surface area contributed by atoms with Gasteiger partial charge in [0.25, 0.3) is 0 Å². The zero-order valence-electron chi connectivity index (χ0n) is 11.2. The SMILES string of the molecule is Cc1cc([SiH](CCl)c2ccccc2)cc(C)c1C. The standard InChI is InChI=1S/C16H19ClSi/c1-12-9-16(10-13(2)14(12)3)18(11-17)15-7-5-4-6-8-15/h4-10,18H,11H2,1-3H3. The van der Waals surface area contributed by atoms with E-state index in [1.165, 1.54) is 27.1 Å². The van der Waals surface area contributed by atoms with Crippen LogP contribution in [0.25, 0.3) is 0 Å². The summed E-state index contributed by atoms with van der Waals surface area (Å²) in [5.74, 6) is 0. The molecule has 1 unspecified atom stereocenters. The van der Waals surface area contributed by atoms with Crippen LogP contribution in [-0.4, -0.2) is 14.3 Å². The first kappa shape index (κ1) is 13.4. The van der Waals surface area contributed by atoms with Gasteiger partial charge >= 0.3 is 0 Å². The Bertz CT molecular complexity index is 511. The number of halogens is 1. The van der Waals surface area contributed by atoms with Crippen molar-refractivity contribution in [2.24, 2.45) is 0 Å². The molecule has 0 spiro atoms. The van der Waals surface area contributed by atoms with Crippen LogP contribution >= 0.6 is 11.6 Å². The summed E-state index contributed by atoms with van der Waals surface area (Å²) in [7, 11) is -1.24. The van der Waals surface area contributed by atoms with E-state index < -0.39 is 8.80 Å². The molecule has 0 amide bonds. The van der Waals surface area contributed by atoms with Crippen molar-refractivity contribution < 1.29 is 0 Å². The predicted octanol–water partition coefficient (Wildman–Crippen LogP) is 2.73. The van der Waals surface area contributed by atoms with Crippen molar-refractivity contribution in [3.05, 3.63) is 59.2 Å². The minimum absolute atomic E-state index is 0.756. The highest BCUT2D eigenvalue weighted by atomic mass is 35.5. The number of alkyl halides is 1. The molecule has 2 aromatic rings. The largest absolute Gasteiger partial charge is 0.130 e. The van der Waals surface area contributed by atoms with Gasteiger partial charge in [0.05, 0.1) is 0 Å². The number of hydrogen-bond donors (Lipinski definition) is 0. The van der Waals surface area contributed by atoms with Crippen molar-refractivity contribution in [2.45, 2.75) is 20.8 Å². The molecule has 2 heteroatoms. The maximum Gasteiger partial charge on any atom is 0.117 e. The maximum atomic E-state index is 6.24. The van der Waals surface area contributed by atoms with Crippen molar-refractivity contribution in [1.29, 1.82) is 0 Å². The first-order valence-corrected chi connectivity index (χ1v) is 8.82. The summed E-state index contributed by atoms with van der Waals surface area (Å²) in [5, 5.41) is 2.88. The van der Waals surface area contributed by atoms with Gasteiger partial charge in [-0.15, -0.1) is 11.6 Å².